The van der Waals surface area contributed by atoms with Gasteiger partial charge in [0.05, 0.1) is 4.90 Å². The van der Waals surface area contributed by atoms with E-state index in [0.29, 0.717) is 31.6 Å². The highest BCUT2D eigenvalue weighted by Crippen LogP contribution is 2.39. The predicted octanol–water partition coefficient (Wildman–Crippen LogP) is 1.59. The molecular weight excluding hydrogens is 292 g/mol. The van der Waals surface area contributed by atoms with Crippen molar-refractivity contribution in [3.63, 3.8) is 0 Å². The lowest BCUT2D eigenvalue weighted by molar-refractivity contribution is -0.114. The van der Waals surface area contributed by atoms with Gasteiger partial charge in [-0.15, -0.1) is 0 Å². The summed E-state index contributed by atoms with van der Waals surface area (Å²) in [6, 6.07) is 6.20. The van der Waals surface area contributed by atoms with Crippen molar-refractivity contribution in [1.29, 1.82) is 0 Å². The summed E-state index contributed by atoms with van der Waals surface area (Å²) in [5, 5.41) is 10.6. The maximum absolute atomic E-state index is 12.5. The van der Waals surface area contributed by atoms with Crippen molar-refractivity contribution in [2.24, 2.45) is 10.2 Å². The lowest BCUT2D eigenvalue weighted by atomic mass is 10.0. The molecule has 0 bridgehead atoms. The van der Waals surface area contributed by atoms with Crippen molar-refractivity contribution in [3.05, 3.63) is 24.3 Å². The first-order chi connectivity index (χ1) is 9.91. The van der Waals surface area contributed by atoms with Gasteiger partial charge in [0.25, 0.3) is 0 Å². The third kappa shape index (κ3) is 2.81. The number of nitrogens with one attached hydrogen (secondary N) is 1. The van der Waals surface area contributed by atoms with Crippen molar-refractivity contribution in [2.45, 2.75) is 30.3 Å². The molecule has 7 nitrogen and oxygen atoms in total. The van der Waals surface area contributed by atoms with Gasteiger partial charge in [-0.25, -0.2) is 8.42 Å². The topological polar surface area (TPSA) is 91.2 Å². The number of hydrogen-bond donors (Lipinski definition) is 1. The summed E-state index contributed by atoms with van der Waals surface area (Å²) in [6.07, 6.45) is 1.30. The van der Waals surface area contributed by atoms with Crippen molar-refractivity contribution in [3.8, 4) is 0 Å². The Bertz CT molecular complexity index is 681. The van der Waals surface area contributed by atoms with E-state index in [9.17, 15) is 13.2 Å². The molecule has 1 saturated heterocycles. The van der Waals surface area contributed by atoms with E-state index in [1.807, 2.05) is 0 Å². The minimum atomic E-state index is -3.49. The van der Waals surface area contributed by atoms with Crippen LogP contribution in [0.1, 0.15) is 19.8 Å². The molecule has 0 atom stereocenters. The van der Waals surface area contributed by atoms with Gasteiger partial charge in [-0.3, -0.25) is 4.79 Å². The first-order valence-electron chi connectivity index (χ1n) is 6.73. The third-order valence-corrected chi connectivity index (χ3v) is 5.63. The standard InChI is InChI=1S/C13H16N4O3S/c1-10(18)14-11-2-4-12(5-3-11)21(19,20)17-8-6-13(7-9-17)15-16-13/h2-5H,6-9H2,1H3,(H,14,18). The van der Waals surface area contributed by atoms with Crippen LogP contribution in [0.4, 0.5) is 5.69 Å². The van der Waals surface area contributed by atoms with Gasteiger partial charge in [0.15, 0.2) is 5.66 Å². The highest BCUT2D eigenvalue weighted by atomic mass is 32.2. The molecule has 2 aliphatic heterocycles. The van der Waals surface area contributed by atoms with Crippen LogP contribution in [0.25, 0.3) is 0 Å². The molecule has 0 aromatic heterocycles. The largest absolute Gasteiger partial charge is 0.326 e. The van der Waals surface area contributed by atoms with Crippen LogP contribution >= 0.6 is 0 Å². The zero-order valence-corrected chi connectivity index (χ0v) is 12.4. The second-order valence-corrected chi connectivity index (χ2v) is 7.23. The molecule has 3 rings (SSSR count). The highest BCUT2D eigenvalue weighted by Gasteiger charge is 2.45. The number of amides is 1. The van der Waals surface area contributed by atoms with Crippen LogP contribution < -0.4 is 5.32 Å². The van der Waals surface area contributed by atoms with Gasteiger partial charge in [0.1, 0.15) is 0 Å². The van der Waals surface area contributed by atoms with E-state index in [-0.39, 0.29) is 16.5 Å². The van der Waals surface area contributed by atoms with Gasteiger partial charge >= 0.3 is 0 Å². The van der Waals surface area contributed by atoms with E-state index < -0.39 is 10.0 Å². The molecule has 112 valence electrons. The minimum absolute atomic E-state index is 0.191. The molecule has 0 radical (unpaired) electrons. The van der Waals surface area contributed by atoms with Crippen LogP contribution in [0.5, 0.6) is 0 Å². The van der Waals surface area contributed by atoms with Crippen molar-refractivity contribution >= 4 is 21.6 Å². The van der Waals surface area contributed by atoms with E-state index in [1.165, 1.54) is 23.4 Å². The summed E-state index contributed by atoms with van der Waals surface area (Å²) < 4.78 is 26.5. The number of hydrogen-bond acceptors (Lipinski definition) is 5. The first-order valence-corrected chi connectivity index (χ1v) is 8.17. The summed E-state index contributed by atoms with van der Waals surface area (Å²) in [5.74, 6) is -0.191. The Morgan fingerprint density at radius 3 is 2.24 bits per heavy atom. The van der Waals surface area contributed by atoms with E-state index in [0.717, 1.165) is 0 Å². The van der Waals surface area contributed by atoms with Crippen molar-refractivity contribution in [2.75, 3.05) is 18.4 Å². The van der Waals surface area contributed by atoms with Gasteiger partial charge in [-0.2, -0.15) is 14.5 Å². The molecule has 1 spiro atoms. The Morgan fingerprint density at radius 1 is 1.19 bits per heavy atom. The normalized spacial score (nSPS) is 20.4. The van der Waals surface area contributed by atoms with Gasteiger partial charge < -0.3 is 5.32 Å². The number of nitrogens with zero attached hydrogens (tertiary/aromatic N) is 3. The van der Waals surface area contributed by atoms with Gasteiger partial charge in [-0.1, -0.05) is 0 Å². The zero-order valence-electron chi connectivity index (χ0n) is 11.6. The molecule has 1 amide bonds. The molecule has 2 aliphatic rings. The molecular formula is C13H16N4O3S. The fraction of sp³-hybridized carbons (Fsp3) is 0.462. The van der Waals surface area contributed by atoms with Gasteiger partial charge in [0.2, 0.25) is 15.9 Å². The van der Waals surface area contributed by atoms with Crippen LogP contribution in [-0.2, 0) is 14.8 Å². The van der Waals surface area contributed by atoms with E-state index in [4.69, 9.17) is 0 Å². The molecule has 8 heteroatoms. The van der Waals surface area contributed by atoms with Crippen molar-refractivity contribution in [1.82, 2.24) is 4.31 Å². The molecule has 1 fully saturated rings. The van der Waals surface area contributed by atoms with E-state index in [2.05, 4.69) is 15.5 Å². The van der Waals surface area contributed by atoms with E-state index >= 15 is 0 Å². The Balaban J connectivity index is 1.73. The quantitative estimate of drug-likeness (QED) is 0.919. The molecule has 0 aliphatic carbocycles. The summed E-state index contributed by atoms with van der Waals surface area (Å²) in [5.41, 5.74) is 0.288. The molecule has 2 heterocycles. The third-order valence-electron chi connectivity index (χ3n) is 3.72. The van der Waals surface area contributed by atoms with Gasteiger partial charge in [0, 0.05) is 38.5 Å². The highest BCUT2D eigenvalue weighted by molar-refractivity contribution is 7.89. The van der Waals surface area contributed by atoms with Crippen LogP contribution in [0.3, 0.4) is 0 Å². The molecule has 0 saturated carbocycles. The molecule has 21 heavy (non-hydrogen) atoms. The molecule has 1 N–H and O–H groups in total. The Kier molecular flexibility index (Phi) is 3.29. The first kappa shape index (κ1) is 14.2. The Labute approximate surface area is 123 Å². The molecule has 0 unspecified atom stereocenters. The monoisotopic (exact) mass is 308 g/mol. The fourth-order valence-electron chi connectivity index (χ4n) is 2.42. The SMILES string of the molecule is CC(=O)Nc1ccc(S(=O)(=O)N2CCC3(CC2)N=N3)cc1. The maximum Gasteiger partial charge on any atom is 0.243 e. The number of carbonyl (C=O) groups excluding carboxylic acids is 1. The predicted molar refractivity (Wildman–Crippen MR) is 76.3 cm³/mol. The summed E-state index contributed by atoms with van der Waals surface area (Å²) in [7, 11) is -3.49. The average molecular weight is 308 g/mol. The number of piperidine rings is 1. The summed E-state index contributed by atoms with van der Waals surface area (Å²) in [4.78, 5) is 11.2. The number of carbonyl (C=O) groups is 1. The number of rotatable bonds is 3. The zero-order chi connectivity index (χ0) is 15.1. The van der Waals surface area contributed by atoms with Gasteiger partial charge in [-0.05, 0) is 24.3 Å². The summed E-state index contributed by atoms with van der Waals surface area (Å²) in [6.45, 7) is 2.27. The van der Waals surface area contributed by atoms with Crippen LogP contribution in [0, 0.1) is 0 Å². The fourth-order valence-corrected chi connectivity index (χ4v) is 3.86. The number of anilines is 1. The lowest BCUT2D eigenvalue weighted by Crippen LogP contribution is -2.41. The van der Waals surface area contributed by atoms with Crippen LogP contribution in [0.2, 0.25) is 0 Å². The van der Waals surface area contributed by atoms with E-state index in [1.54, 1.807) is 12.1 Å². The number of benzene rings is 1. The van der Waals surface area contributed by atoms with Crippen molar-refractivity contribution < 1.29 is 13.2 Å². The summed E-state index contributed by atoms with van der Waals surface area (Å²) >= 11 is 0. The second kappa shape index (κ2) is 4.88. The average Bonchev–Trinajstić information content (AvgIpc) is 3.18. The molecule has 1 aromatic rings. The minimum Gasteiger partial charge on any atom is -0.326 e. The maximum atomic E-state index is 12.5. The van der Waals surface area contributed by atoms with Crippen LogP contribution in [0.15, 0.2) is 39.4 Å². The lowest BCUT2D eigenvalue weighted by Gasteiger charge is -2.28. The van der Waals surface area contributed by atoms with Crippen LogP contribution in [-0.4, -0.2) is 37.4 Å². The Hall–Kier alpha value is -1.80. The number of sulfonamides is 1. The second-order valence-electron chi connectivity index (χ2n) is 5.29. The molecule has 1 aromatic carbocycles. The Morgan fingerprint density at radius 2 is 1.76 bits per heavy atom. The smallest absolute Gasteiger partial charge is 0.243 e.